The second kappa shape index (κ2) is 8.86. The highest BCUT2D eigenvalue weighted by molar-refractivity contribution is 9.10. The van der Waals surface area contributed by atoms with Gasteiger partial charge in [-0.15, -0.1) is 0 Å². The third-order valence-corrected chi connectivity index (χ3v) is 4.84. The zero-order valence-electron chi connectivity index (χ0n) is 15.2. The quantitative estimate of drug-likeness (QED) is 0.270. The summed E-state index contributed by atoms with van der Waals surface area (Å²) >= 11 is 3.06. The lowest BCUT2D eigenvalue weighted by Crippen LogP contribution is -2.51. The lowest BCUT2D eigenvalue weighted by atomic mass is 10.3. The first-order valence-electron chi connectivity index (χ1n) is 8.47. The predicted octanol–water partition coefficient (Wildman–Crippen LogP) is 1.92. The largest absolute Gasteiger partial charge is 0.409 e. The van der Waals surface area contributed by atoms with Crippen LogP contribution in [0.25, 0.3) is 0 Å². The number of aromatic nitrogens is 2. The molecular formula is C16H17BrFN7O4. The minimum absolute atomic E-state index is 0.0460. The van der Waals surface area contributed by atoms with E-state index in [1.807, 2.05) is 0 Å². The molecule has 29 heavy (non-hydrogen) atoms. The number of anilines is 2. The van der Waals surface area contributed by atoms with E-state index in [0.717, 1.165) is 0 Å². The van der Waals surface area contributed by atoms with Crippen LogP contribution in [0.1, 0.15) is 12.6 Å². The van der Waals surface area contributed by atoms with Crippen molar-refractivity contribution in [2.75, 3.05) is 36.8 Å². The highest BCUT2D eigenvalue weighted by atomic mass is 79.9. The minimum atomic E-state index is -0.466. The summed E-state index contributed by atoms with van der Waals surface area (Å²) in [5, 5.41) is 25.0. The summed E-state index contributed by atoms with van der Waals surface area (Å²) in [5.74, 6) is -0.735. The minimum Gasteiger partial charge on any atom is -0.409 e. The second-order valence-electron chi connectivity index (χ2n) is 6.09. The van der Waals surface area contributed by atoms with Crippen molar-refractivity contribution in [2.24, 2.45) is 5.16 Å². The van der Waals surface area contributed by atoms with Crippen molar-refractivity contribution in [1.29, 1.82) is 0 Å². The molecule has 1 aromatic heterocycles. The molecular weight excluding hydrogens is 453 g/mol. The van der Waals surface area contributed by atoms with E-state index < -0.39 is 11.8 Å². The molecule has 0 atom stereocenters. The van der Waals surface area contributed by atoms with Crippen LogP contribution < -0.4 is 10.6 Å². The molecule has 1 fully saturated rings. The van der Waals surface area contributed by atoms with Crippen LogP contribution in [0.5, 0.6) is 0 Å². The summed E-state index contributed by atoms with van der Waals surface area (Å²) in [6.07, 6.45) is 0. The molecule has 1 aliphatic rings. The van der Waals surface area contributed by atoms with Crippen molar-refractivity contribution < 1.29 is 23.8 Å². The Kier molecular flexibility index (Phi) is 6.26. The van der Waals surface area contributed by atoms with Gasteiger partial charge in [-0.2, -0.15) is 0 Å². The first-order valence-corrected chi connectivity index (χ1v) is 9.27. The molecule has 2 heterocycles. The van der Waals surface area contributed by atoms with E-state index in [9.17, 15) is 19.2 Å². The second-order valence-corrected chi connectivity index (χ2v) is 6.94. The monoisotopic (exact) mass is 469 g/mol. The van der Waals surface area contributed by atoms with Gasteiger partial charge in [0.2, 0.25) is 17.6 Å². The number of halogens is 2. The molecule has 0 radical (unpaired) electrons. The fraction of sp³-hybridized carbons (Fsp3) is 0.312. The van der Waals surface area contributed by atoms with Gasteiger partial charge in [0.05, 0.1) is 4.47 Å². The van der Waals surface area contributed by atoms with Gasteiger partial charge in [-0.3, -0.25) is 10.1 Å². The number of amides is 3. The van der Waals surface area contributed by atoms with E-state index >= 15 is 0 Å². The third-order valence-electron chi connectivity index (χ3n) is 4.23. The van der Waals surface area contributed by atoms with Crippen LogP contribution in [-0.4, -0.2) is 69.3 Å². The molecule has 3 N–H and O–H groups in total. The third kappa shape index (κ3) is 4.80. The molecule has 13 heteroatoms. The standard InChI is InChI=1S/C16H17BrFN7O4/c1-9(26)24-4-6-25(7-5-24)16(27)20-15-13(22-29-23-15)14(21-28)19-10-2-3-12(18)11(17)8-10/h2-3,8,28H,4-7H2,1H3,(H,19,21)(H,20,23,27). The zero-order chi connectivity index (χ0) is 21.0. The molecule has 0 spiro atoms. The Morgan fingerprint density at radius 2 is 1.90 bits per heavy atom. The number of piperazine rings is 1. The molecule has 0 unspecified atom stereocenters. The van der Waals surface area contributed by atoms with Gasteiger partial charge in [0, 0.05) is 38.8 Å². The fourth-order valence-electron chi connectivity index (χ4n) is 2.67. The van der Waals surface area contributed by atoms with Gasteiger partial charge in [-0.05, 0) is 44.4 Å². The highest BCUT2D eigenvalue weighted by Gasteiger charge is 2.25. The number of nitrogens with zero attached hydrogens (tertiary/aromatic N) is 5. The van der Waals surface area contributed by atoms with Crippen molar-refractivity contribution in [3.63, 3.8) is 0 Å². The number of oxime groups is 1. The van der Waals surface area contributed by atoms with Gasteiger partial charge in [-0.1, -0.05) is 5.16 Å². The number of nitrogens with one attached hydrogen (secondary N) is 2. The Hall–Kier alpha value is -3.22. The Labute approximate surface area is 172 Å². The molecule has 11 nitrogen and oxygen atoms in total. The van der Waals surface area contributed by atoms with Gasteiger partial charge in [0.15, 0.2) is 5.69 Å². The summed E-state index contributed by atoms with van der Waals surface area (Å²) in [6.45, 7) is 3.04. The lowest BCUT2D eigenvalue weighted by molar-refractivity contribution is -0.130. The maximum absolute atomic E-state index is 13.4. The summed E-state index contributed by atoms with van der Waals surface area (Å²) in [7, 11) is 0. The molecule has 2 aromatic rings. The Morgan fingerprint density at radius 3 is 2.52 bits per heavy atom. The number of hydrogen-bond donors (Lipinski definition) is 3. The van der Waals surface area contributed by atoms with Crippen molar-refractivity contribution in [2.45, 2.75) is 6.92 Å². The van der Waals surface area contributed by atoms with Crippen LogP contribution in [0.2, 0.25) is 0 Å². The van der Waals surface area contributed by atoms with E-state index in [2.05, 4.69) is 46.7 Å². The van der Waals surface area contributed by atoms with Gasteiger partial charge in [0.25, 0.3) is 0 Å². The van der Waals surface area contributed by atoms with Crippen LogP contribution in [0.15, 0.2) is 32.5 Å². The first-order chi connectivity index (χ1) is 13.9. The lowest BCUT2D eigenvalue weighted by Gasteiger charge is -2.33. The van der Waals surface area contributed by atoms with E-state index in [-0.39, 0.29) is 27.7 Å². The summed E-state index contributed by atoms with van der Waals surface area (Å²) in [5.41, 5.74) is 0.343. The maximum atomic E-state index is 13.4. The molecule has 3 amide bonds. The predicted molar refractivity (Wildman–Crippen MR) is 103 cm³/mol. The molecule has 1 aromatic carbocycles. The first kappa shape index (κ1) is 20.5. The van der Waals surface area contributed by atoms with Gasteiger partial charge in [-0.25, -0.2) is 13.8 Å². The topological polar surface area (TPSA) is 136 Å². The van der Waals surface area contributed by atoms with Crippen molar-refractivity contribution >= 4 is 45.2 Å². The van der Waals surface area contributed by atoms with Crippen LogP contribution in [0.3, 0.4) is 0 Å². The number of urea groups is 1. The van der Waals surface area contributed by atoms with Crippen LogP contribution in [-0.2, 0) is 4.79 Å². The van der Waals surface area contributed by atoms with E-state index in [1.54, 1.807) is 4.90 Å². The zero-order valence-corrected chi connectivity index (χ0v) is 16.8. The van der Waals surface area contributed by atoms with Crippen LogP contribution in [0.4, 0.5) is 20.7 Å². The van der Waals surface area contributed by atoms with Crippen LogP contribution in [0, 0.1) is 5.82 Å². The summed E-state index contributed by atoms with van der Waals surface area (Å²) in [4.78, 5) is 27.0. The molecule has 154 valence electrons. The average molecular weight is 470 g/mol. The number of hydrogen-bond acceptors (Lipinski definition) is 7. The average Bonchev–Trinajstić information content (AvgIpc) is 3.16. The molecule has 0 aliphatic carbocycles. The molecule has 3 rings (SSSR count). The molecule has 1 saturated heterocycles. The maximum Gasteiger partial charge on any atom is 0.323 e. The fourth-order valence-corrected chi connectivity index (χ4v) is 3.05. The Balaban J connectivity index is 1.68. The van der Waals surface area contributed by atoms with Gasteiger partial charge < -0.3 is 20.3 Å². The van der Waals surface area contributed by atoms with E-state index in [4.69, 9.17) is 0 Å². The van der Waals surface area contributed by atoms with Crippen molar-refractivity contribution in [3.8, 4) is 0 Å². The smallest absolute Gasteiger partial charge is 0.323 e. The van der Waals surface area contributed by atoms with Gasteiger partial charge >= 0.3 is 6.03 Å². The van der Waals surface area contributed by atoms with E-state index in [1.165, 1.54) is 30.0 Å². The number of carbonyl (C=O) groups is 2. The highest BCUT2D eigenvalue weighted by Crippen LogP contribution is 2.21. The SMILES string of the molecule is CC(=O)N1CCN(C(=O)Nc2nonc2/C(=N/O)Nc2ccc(F)c(Br)c2)CC1. The Bertz CT molecular complexity index is 943. The Morgan fingerprint density at radius 1 is 1.21 bits per heavy atom. The van der Waals surface area contributed by atoms with Crippen LogP contribution >= 0.6 is 15.9 Å². The summed E-state index contributed by atoms with van der Waals surface area (Å²) in [6, 6.07) is 3.60. The van der Waals surface area contributed by atoms with Crippen molar-refractivity contribution in [3.05, 3.63) is 34.2 Å². The number of amidine groups is 1. The molecule has 1 aliphatic heterocycles. The number of rotatable bonds is 3. The summed E-state index contributed by atoms with van der Waals surface area (Å²) < 4.78 is 18.2. The molecule has 0 saturated carbocycles. The number of benzene rings is 1. The van der Waals surface area contributed by atoms with E-state index in [0.29, 0.717) is 31.9 Å². The van der Waals surface area contributed by atoms with Gasteiger partial charge in [0.1, 0.15) is 5.82 Å². The van der Waals surface area contributed by atoms with Crippen molar-refractivity contribution in [1.82, 2.24) is 20.1 Å². The molecule has 0 bridgehead atoms. The normalized spacial score (nSPS) is 14.7. The number of carbonyl (C=O) groups excluding carboxylic acids is 2.